The monoisotopic (exact) mass is 516 g/mol. The molecule has 162 valence electrons. The predicted molar refractivity (Wildman–Crippen MR) is 126 cm³/mol. The van der Waals surface area contributed by atoms with Crippen molar-refractivity contribution < 1.29 is 9.47 Å². The summed E-state index contributed by atoms with van der Waals surface area (Å²) >= 11 is 0. The Bertz CT molecular complexity index is 723. The third-order valence-corrected chi connectivity index (χ3v) is 4.31. The summed E-state index contributed by atoms with van der Waals surface area (Å²) in [6, 6.07) is 8.08. The van der Waals surface area contributed by atoms with Gasteiger partial charge in [-0.25, -0.2) is 0 Å². The minimum atomic E-state index is 0. The third-order valence-electron chi connectivity index (χ3n) is 4.31. The molecule has 2 aromatic rings. The van der Waals surface area contributed by atoms with E-state index in [4.69, 9.17) is 9.47 Å². The highest BCUT2D eigenvalue weighted by Gasteiger charge is 2.05. The first-order valence-corrected chi connectivity index (χ1v) is 9.78. The van der Waals surface area contributed by atoms with Crippen molar-refractivity contribution in [3.8, 4) is 5.75 Å². The van der Waals surface area contributed by atoms with Crippen LogP contribution < -0.4 is 15.4 Å². The molecule has 0 aliphatic carbocycles. The van der Waals surface area contributed by atoms with Gasteiger partial charge in [0.2, 0.25) is 0 Å². The van der Waals surface area contributed by atoms with Gasteiger partial charge in [0.15, 0.2) is 5.96 Å². The molecule has 2 rings (SSSR count). The first kappa shape index (κ1) is 25.2. The molecule has 1 aromatic heterocycles. The molecule has 1 aromatic carbocycles. The molecule has 0 fully saturated rings. The lowest BCUT2D eigenvalue weighted by molar-refractivity contribution is 0.197. The van der Waals surface area contributed by atoms with Crippen LogP contribution in [0.1, 0.15) is 24.7 Å². The molecule has 0 spiro atoms. The summed E-state index contributed by atoms with van der Waals surface area (Å²) in [5, 5.41) is 14.9. The number of hydrogen-bond acceptors (Lipinski definition) is 5. The van der Waals surface area contributed by atoms with E-state index in [1.807, 2.05) is 18.2 Å². The first-order chi connectivity index (χ1) is 13.8. The molecule has 29 heavy (non-hydrogen) atoms. The molecule has 0 amide bonds. The van der Waals surface area contributed by atoms with Crippen molar-refractivity contribution in [2.24, 2.45) is 4.99 Å². The predicted octanol–water partition coefficient (Wildman–Crippen LogP) is 2.28. The first-order valence-electron chi connectivity index (χ1n) is 9.78. The van der Waals surface area contributed by atoms with Crippen molar-refractivity contribution in [3.05, 3.63) is 42.0 Å². The lowest BCUT2D eigenvalue weighted by Gasteiger charge is -2.14. The van der Waals surface area contributed by atoms with Crippen LogP contribution in [0.5, 0.6) is 5.75 Å². The van der Waals surface area contributed by atoms with Crippen LogP contribution in [-0.2, 0) is 24.1 Å². The summed E-state index contributed by atoms with van der Waals surface area (Å²) in [5.41, 5.74) is 1.17. The number of halogens is 1. The van der Waals surface area contributed by atoms with E-state index < -0.39 is 0 Å². The Hall–Kier alpha value is -1.88. The van der Waals surface area contributed by atoms with Crippen LogP contribution in [0.3, 0.4) is 0 Å². The van der Waals surface area contributed by atoms with Crippen LogP contribution in [0.2, 0.25) is 0 Å². The zero-order valence-corrected chi connectivity index (χ0v) is 19.9. The van der Waals surface area contributed by atoms with E-state index in [1.165, 1.54) is 5.56 Å². The Balaban J connectivity index is 0.00000420. The van der Waals surface area contributed by atoms with Gasteiger partial charge in [0, 0.05) is 46.3 Å². The summed E-state index contributed by atoms with van der Waals surface area (Å²) in [6.45, 7) is 5.81. The Morgan fingerprint density at radius 3 is 2.72 bits per heavy atom. The quantitative estimate of drug-likeness (QED) is 0.195. The highest BCUT2D eigenvalue weighted by molar-refractivity contribution is 14.0. The van der Waals surface area contributed by atoms with Crippen molar-refractivity contribution in [2.75, 3.05) is 40.5 Å². The van der Waals surface area contributed by atoms with Gasteiger partial charge in [-0.1, -0.05) is 25.1 Å². The van der Waals surface area contributed by atoms with Crippen LogP contribution in [0, 0.1) is 0 Å². The summed E-state index contributed by atoms with van der Waals surface area (Å²) in [7, 11) is 3.41. The Morgan fingerprint density at radius 1 is 1.17 bits per heavy atom. The standard InChI is InChI=1S/C20H32N6O2.HI/c1-4-19-25-24-16-26(19)14-13-23-20(21-11-7-15-27-2)22-12-10-17-8-5-6-9-18(17)28-3;/h5-6,8-9,16H,4,7,10-15H2,1-3H3,(H2,21,22,23);1H. The second-order valence-electron chi connectivity index (χ2n) is 6.29. The number of nitrogens with zero attached hydrogens (tertiary/aromatic N) is 4. The van der Waals surface area contributed by atoms with Gasteiger partial charge in [0.05, 0.1) is 7.11 Å². The summed E-state index contributed by atoms with van der Waals surface area (Å²) in [4.78, 5) is 4.64. The number of nitrogens with one attached hydrogen (secondary N) is 2. The number of ether oxygens (including phenoxy) is 2. The van der Waals surface area contributed by atoms with Crippen molar-refractivity contribution >= 4 is 29.9 Å². The summed E-state index contributed by atoms with van der Waals surface area (Å²) in [6.07, 6.45) is 4.38. The number of hydrogen-bond donors (Lipinski definition) is 2. The zero-order valence-electron chi connectivity index (χ0n) is 17.6. The molecule has 1 heterocycles. The second-order valence-corrected chi connectivity index (χ2v) is 6.29. The second kappa shape index (κ2) is 15.0. The number of para-hydroxylation sites is 1. The van der Waals surface area contributed by atoms with Crippen molar-refractivity contribution in [2.45, 2.75) is 32.7 Å². The minimum Gasteiger partial charge on any atom is -0.496 e. The van der Waals surface area contributed by atoms with Gasteiger partial charge in [0.25, 0.3) is 0 Å². The van der Waals surface area contributed by atoms with E-state index in [2.05, 4.69) is 43.4 Å². The number of rotatable bonds is 12. The third kappa shape index (κ3) is 8.99. The number of guanidine groups is 1. The zero-order chi connectivity index (χ0) is 20.0. The molecule has 0 radical (unpaired) electrons. The maximum absolute atomic E-state index is 5.42. The number of aromatic nitrogens is 3. The molecular formula is C20H33IN6O2. The van der Waals surface area contributed by atoms with Crippen molar-refractivity contribution in [3.63, 3.8) is 0 Å². The highest BCUT2D eigenvalue weighted by atomic mass is 127. The molecule has 0 saturated carbocycles. The van der Waals surface area contributed by atoms with Gasteiger partial charge < -0.3 is 24.7 Å². The minimum absolute atomic E-state index is 0. The number of benzene rings is 1. The van der Waals surface area contributed by atoms with Crippen molar-refractivity contribution in [1.82, 2.24) is 25.4 Å². The molecule has 2 N–H and O–H groups in total. The molecule has 0 saturated heterocycles. The highest BCUT2D eigenvalue weighted by Crippen LogP contribution is 2.17. The maximum Gasteiger partial charge on any atom is 0.191 e. The number of methoxy groups -OCH3 is 2. The lowest BCUT2D eigenvalue weighted by atomic mass is 10.1. The van der Waals surface area contributed by atoms with Crippen LogP contribution >= 0.6 is 24.0 Å². The molecule has 0 atom stereocenters. The topological polar surface area (TPSA) is 85.6 Å². The van der Waals surface area contributed by atoms with Crippen LogP contribution in [0.4, 0.5) is 0 Å². The smallest absolute Gasteiger partial charge is 0.191 e. The fourth-order valence-electron chi connectivity index (χ4n) is 2.83. The maximum atomic E-state index is 5.42. The number of aliphatic imine (C=N–C) groups is 1. The van der Waals surface area contributed by atoms with Gasteiger partial charge in [-0.3, -0.25) is 4.99 Å². The average Bonchev–Trinajstić information content (AvgIpc) is 3.18. The normalized spacial score (nSPS) is 11.1. The lowest BCUT2D eigenvalue weighted by Crippen LogP contribution is -2.40. The molecule has 0 aliphatic heterocycles. The van der Waals surface area contributed by atoms with Gasteiger partial charge >= 0.3 is 0 Å². The van der Waals surface area contributed by atoms with Crippen LogP contribution in [0.25, 0.3) is 0 Å². The van der Waals surface area contributed by atoms with E-state index in [1.54, 1.807) is 20.5 Å². The van der Waals surface area contributed by atoms with E-state index in [9.17, 15) is 0 Å². The summed E-state index contributed by atoms with van der Waals surface area (Å²) < 4.78 is 12.6. The molecular weight excluding hydrogens is 483 g/mol. The fourth-order valence-corrected chi connectivity index (χ4v) is 2.83. The van der Waals surface area contributed by atoms with E-state index in [-0.39, 0.29) is 24.0 Å². The SMILES string of the molecule is CCc1nncn1CCNC(=NCCCOC)NCCc1ccccc1OC.I. The molecule has 0 bridgehead atoms. The van der Waals surface area contributed by atoms with Crippen molar-refractivity contribution in [1.29, 1.82) is 0 Å². The Morgan fingerprint density at radius 2 is 1.97 bits per heavy atom. The van der Waals surface area contributed by atoms with E-state index in [0.717, 1.165) is 56.4 Å². The Labute approximate surface area is 190 Å². The fraction of sp³-hybridized carbons (Fsp3) is 0.550. The van der Waals surface area contributed by atoms with E-state index >= 15 is 0 Å². The Kier molecular flexibility index (Phi) is 13.0. The molecule has 8 nitrogen and oxygen atoms in total. The summed E-state index contributed by atoms with van der Waals surface area (Å²) in [5.74, 6) is 2.71. The van der Waals surface area contributed by atoms with E-state index in [0.29, 0.717) is 13.2 Å². The van der Waals surface area contributed by atoms with Crippen LogP contribution in [-0.4, -0.2) is 61.2 Å². The number of aryl methyl sites for hydroxylation is 1. The largest absolute Gasteiger partial charge is 0.496 e. The van der Waals surface area contributed by atoms with Crippen LogP contribution in [0.15, 0.2) is 35.6 Å². The van der Waals surface area contributed by atoms with Gasteiger partial charge in [-0.2, -0.15) is 0 Å². The van der Waals surface area contributed by atoms with Gasteiger partial charge in [-0.15, -0.1) is 34.2 Å². The van der Waals surface area contributed by atoms with Gasteiger partial charge in [0.1, 0.15) is 17.9 Å². The molecule has 0 aliphatic rings. The van der Waals surface area contributed by atoms with Gasteiger partial charge in [-0.05, 0) is 24.5 Å². The molecule has 9 heteroatoms. The molecule has 0 unspecified atom stereocenters. The average molecular weight is 516 g/mol.